The fraction of sp³-hybridized carbons (Fsp3) is 0.350. The number of anilines is 1. The number of carbonyl (C=O) groups excluding carboxylic acids is 1. The lowest BCUT2D eigenvalue weighted by Gasteiger charge is -2.26. The number of para-hydroxylation sites is 1. The lowest BCUT2D eigenvalue weighted by Crippen LogP contribution is -2.41. The van der Waals surface area contributed by atoms with Crippen LogP contribution in [0, 0.1) is 0 Å². The second-order valence-electron chi connectivity index (χ2n) is 6.68. The molecule has 0 aliphatic rings. The van der Waals surface area contributed by atoms with Crippen molar-refractivity contribution in [2.75, 3.05) is 17.1 Å². The van der Waals surface area contributed by atoms with Gasteiger partial charge in [-0.2, -0.15) is 0 Å². The maximum Gasteiger partial charge on any atom is 0.241 e. The number of hydrogen-bond acceptors (Lipinski definition) is 3. The van der Waals surface area contributed by atoms with Crippen LogP contribution < -0.4 is 9.62 Å². The van der Waals surface area contributed by atoms with Gasteiger partial charge in [0.05, 0.1) is 18.0 Å². The van der Waals surface area contributed by atoms with Crippen LogP contribution in [0.5, 0.6) is 0 Å². The van der Waals surface area contributed by atoms with Crippen molar-refractivity contribution in [3.05, 3.63) is 65.7 Å². The second-order valence-corrected chi connectivity index (χ2v) is 8.59. The van der Waals surface area contributed by atoms with Crippen LogP contribution in [0.25, 0.3) is 0 Å². The largest absolute Gasteiger partial charge is 0.348 e. The summed E-state index contributed by atoms with van der Waals surface area (Å²) in [5, 5.41) is 2.87. The molecular formula is C20H26N2O3S. The van der Waals surface area contributed by atoms with Gasteiger partial charge in [0.15, 0.2) is 0 Å². The zero-order valence-corrected chi connectivity index (χ0v) is 16.5. The molecule has 0 saturated heterocycles. The Kier molecular flexibility index (Phi) is 6.42. The molecular weight excluding hydrogens is 348 g/mol. The first-order valence-electron chi connectivity index (χ1n) is 8.61. The summed E-state index contributed by atoms with van der Waals surface area (Å²) in [4.78, 5) is 12.5. The van der Waals surface area contributed by atoms with Gasteiger partial charge in [-0.25, -0.2) is 8.42 Å². The highest BCUT2D eigenvalue weighted by Gasteiger charge is 2.24. The molecule has 0 spiro atoms. The highest BCUT2D eigenvalue weighted by atomic mass is 32.2. The van der Waals surface area contributed by atoms with Crippen molar-refractivity contribution >= 4 is 21.6 Å². The van der Waals surface area contributed by atoms with Crippen LogP contribution in [0.1, 0.15) is 43.9 Å². The van der Waals surface area contributed by atoms with E-state index in [2.05, 4.69) is 5.32 Å². The lowest BCUT2D eigenvalue weighted by atomic mass is 10.0. The molecule has 0 fully saturated rings. The summed E-state index contributed by atoms with van der Waals surface area (Å²) in [7, 11) is -3.60. The fourth-order valence-corrected chi connectivity index (χ4v) is 3.70. The second kappa shape index (κ2) is 8.36. The number of amides is 1. The molecule has 6 heteroatoms. The van der Waals surface area contributed by atoms with Gasteiger partial charge in [-0.05, 0) is 30.0 Å². The third-order valence-corrected chi connectivity index (χ3v) is 5.32. The molecule has 2 aromatic rings. The van der Waals surface area contributed by atoms with E-state index in [1.165, 1.54) is 4.31 Å². The minimum absolute atomic E-state index is 0.141. The molecule has 0 aromatic heterocycles. The van der Waals surface area contributed by atoms with Crippen LogP contribution in [0.3, 0.4) is 0 Å². The monoisotopic (exact) mass is 374 g/mol. The Morgan fingerprint density at radius 3 is 2.15 bits per heavy atom. The fourth-order valence-electron chi connectivity index (χ4n) is 2.83. The van der Waals surface area contributed by atoms with E-state index in [0.29, 0.717) is 5.69 Å². The number of hydrogen-bond donors (Lipinski definition) is 1. The van der Waals surface area contributed by atoms with E-state index in [-0.39, 0.29) is 24.4 Å². The first-order chi connectivity index (χ1) is 12.2. The molecule has 0 aliphatic carbocycles. The van der Waals surface area contributed by atoms with Gasteiger partial charge in [-0.15, -0.1) is 0 Å². The first-order valence-corrected chi connectivity index (χ1v) is 10.5. The van der Waals surface area contributed by atoms with Crippen LogP contribution in [-0.2, 0) is 14.8 Å². The van der Waals surface area contributed by atoms with Crippen molar-refractivity contribution in [1.29, 1.82) is 0 Å². The van der Waals surface area contributed by atoms with Gasteiger partial charge in [0, 0.05) is 0 Å². The van der Waals surface area contributed by atoms with E-state index in [1.54, 1.807) is 12.1 Å². The average Bonchev–Trinajstić information content (AvgIpc) is 2.59. The van der Waals surface area contributed by atoms with Crippen LogP contribution >= 0.6 is 0 Å². The third-order valence-electron chi connectivity index (χ3n) is 4.19. The molecule has 2 rings (SSSR count). The lowest BCUT2D eigenvalue weighted by molar-refractivity contribution is -0.120. The number of benzene rings is 2. The molecule has 140 valence electrons. The molecule has 0 saturated carbocycles. The molecule has 1 atom stereocenters. The highest BCUT2D eigenvalue weighted by Crippen LogP contribution is 2.28. The average molecular weight is 375 g/mol. The third kappa shape index (κ3) is 5.08. The molecule has 0 aliphatic heterocycles. The van der Waals surface area contributed by atoms with Crippen molar-refractivity contribution in [2.45, 2.75) is 32.7 Å². The Balaban J connectivity index is 2.23. The molecule has 26 heavy (non-hydrogen) atoms. The van der Waals surface area contributed by atoms with Crippen LogP contribution in [0.15, 0.2) is 54.6 Å². The van der Waals surface area contributed by atoms with Crippen LogP contribution in [0.4, 0.5) is 5.69 Å². The normalized spacial score (nSPS) is 12.7. The van der Waals surface area contributed by atoms with Gasteiger partial charge < -0.3 is 5.32 Å². The topological polar surface area (TPSA) is 66.5 Å². The van der Waals surface area contributed by atoms with Gasteiger partial charge in [0.1, 0.15) is 6.54 Å². The standard InChI is InChI=1S/C20H26N2O3S/c1-15(2)18-12-8-9-13-19(18)22(26(4,24)25)14-20(23)21-16(3)17-10-6-5-7-11-17/h5-13,15-16H,14H2,1-4H3,(H,21,23)/t16-/m1/s1. The summed E-state index contributed by atoms with van der Waals surface area (Å²) in [5.74, 6) is -0.202. The van der Waals surface area contributed by atoms with Gasteiger partial charge >= 0.3 is 0 Å². The van der Waals surface area contributed by atoms with E-state index < -0.39 is 10.0 Å². The van der Waals surface area contributed by atoms with Crippen molar-refractivity contribution in [1.82, 2.24) is 5.32 Å². The Labute approximate surface area is 156 Å². The Bertz CT molecular complexity index is 848. The summed E-state index contributed by atoms with van der Waals surface area (Å²) in [5.41, 5.74) is 2.41. The van der Waals surface area contributed by atoms with Crippen molar-refractivity contribution in [3.8, 4) is 0 Å². The first kappa shape index (κ1) is 20.0. The quantitative estimate of drug-likeness (QED) is 0.807. The maximum absolute atomic E-state index is 12.5. The van der Waals surface area contributed by atoms with E-state index in [0.717, 1.165) is 17.4 Å². The summed E-state index contributed by atoms with van der Waals surface area (Å²) in [6, 6.07) is 16.6. The highest BCUT2D eigenvalue weighted by molar-refractivity contribution is 7.92. The molecule has 1 amide bonds. The van der Waals surface area contributed by atoms with Crippen LogP contribution in [-0.4, -0.2) is 27.1 Å². The van der Waals surface area contributed by atoms with E-state index >= 15 is 0 Å². The Hall–Kier alpha value is -2.34. The number of rotatable bonds is 7. The number of carbonyl (C=O) groups is 1. The SMILES string of the molecule is CC(C)c1ccccc1N(CC(=O)N[C@H](C)c1ccccc1)S(C)(=O)=O. The van der Waals surface area contributed by atoms with Gasteiger partial charge in [0.25, 0.3) is 0 Å². The number of nitrogens with one attached hydrogen (secondary N) is 1. The maximum atomic E-state index is 12.5. The smallest absolute Gasteiger partial charge is 0.241 e. The molecule has 2 aromatic carbocycles. The molecule has 0 bridgehead atoms. The summed E-state index contributed by atoms with van der Waals surface area (Å²) >= 11 is 0. The minimum atomic E-state index is -3.60. The molecule has 0 radical (unpaired) electrons. The zero-order chi connectivity index (χ0) is 19.3. The predicted octanol–water partition coefficient (Wildman–Crippen LogP) is 3.45. The number of nitrogens with zero attached hydrogens (tertiary/aromatic N) is 1. The molecule has 0 unspecified atom stereocenters. The zero-order valence-electron chi connectivity index (χ0n) is 15.6. The summed E-state index contributed by atoms with van der Waals surface area (Å²) in [6.45, 7) is 5.62. The van der Waals surface area contributed by atoms with Crippen molar-refractivity contribution in [3.63, 3.8) is 0 Å². The van der Waals surface area contributed by atoms with E-state index in [1.807, 2.05) is 63.2 Å². The molecule has 0 heterocycles. The molecule has 1 N–H and O–H groups in total. The predicted molar refractivity (Wildman–Crippen MR) is 106 cm³/mol. The van der Waals surface area contributed by atoms with E-state index in [9.17, 15) is 13.2 Å². The number of sulfonamides is 1. The van der Waals surface area contributed by atoms with E-state index in [4.69, 9.17) is 0 Å². The van der Waals surface area contributed by atoms with Gasteiger partial charge in [-0.1, -0.05) is 62.4 Å². The van der Waals surface area contributed by atoms with Crippen LogP contribution in [0.2, 0.25) is 0 Å². The minimum Gasteiger partial charge on any atom is -0.348 e. The summed E-state index contributed by atoms with van der Waals surface area (Å²) < 4.78 is 25.9. The Morgan fingerprint density at radius 2 is 1.58 bits per heavy atom. The van der Waals surface area contributed by atoms with Crippen molar-refractivity contribution < 1.29 is 13.2 Å². The van der Waals surface area contributed by atoms with Crippen molar-refractivity contribution in [2.24, 2.45) is 0 Å². The molecule has 5 nitrogen and oxygen atoms in total. The van der Waals surface area contributed by atoms with Gasteiger partial charge in [0.2, 0.25) is 15.9 Å². The van der Waals surface area contributed by atoms with Gasteiger partial charge in [-0.3, -0.25) is 9.10 Å². The Morgan fingerprint density at radius 1 is 1.00 bits per heavy atom. The summed E-state index contributed by atoms with van der Waals surface area (Å²) in [6.07, 6.45) is 1.12.